The average molecular weight is 200 g/mol. The van der Waals surface area contributed by atoms with Crippen LogP contribution < -0.4 is 11.1 Å². The molecule has 1 heterocycles. The van der Waals surface area contributed by atoms with Crippen LogP contribution in [0.4, 0.5) is 0 Å². The highest BCUT2D eigenvalue weighted by atomic mass is 16.5. The highest BCUT2D eigenvalue weighted by Crippen LogP contribution is 2.28. The van der Waals surface area contributed by atoms with Gasteiger partial charge in [0.15, 0.2) is 0 Å². The number of nitrogens with two attached hydrogens (primary N) is 1. The van der Waals surface area contributed by atoms with Crippen molar-refractivity contribution >= 4 is 5.91 Å². The first kappa shape index (κ1) is 11.5. The van der Waals surface area contributed by atoms with E-state index in [9.17, 15) is 4.79 Å². The molecule has 0 aromatic rings. The fourth-order valence-electron chi connectivity index (χ4n) is 1.50. The van der Waals surface area contributed by atoms with E-state index < -0.39 is 6.04 Å². The summed E-state index contributed by atoms with van der Waals surface area (Å²) in [4.78, 5) is 11.3. The first-order valence-electron chi connectivity index (χ1n) is 5.15. The van der Waals surface area contributed by atoms with Crippen molar-refractivity contribution in [1.82, 2.24) is 5.32 Å². The molecule has 1 amide bonds. The summed E-state index contributed by atoms with van der Waals surface area (Å²) in [6.45, 7) is 6.17. The summed E-state index contributed by atoms with van der Waals surface area (Å²) in [7, 11) is 0. The van der Waals surface area contributed by atoms with Crippen molar-refractivity contribution in [2.24, 2.45) is 11.1 Å². The fourth-order valence-corrected chi connectivity index (χ4v) is 1.50. The van der Waals surface area contributed by atoms with Gasteiger partial charge in [0.2, 0.25) is 5.91 Å². The zero-order valence-electron chi connectivity index (χ0n) is 9.01. The van der Waals surface area contributed by atoms with E-state index in [2.05, 4.69) is 12.2 Å². The van der Waals surface area contributed by atoms with E-state index in [1.807, 2.05) is 0 Å². The van der Waals surface area contributed by atoms with Crippen LogP contribution in [-0.2, 0) is 9.53 Å². The molecule has 0 unspecified atom stereocenters. The van der Waals surface area contributed by atoms with Crippen molar-refractivity contribution in [3.63, 3.8) is 0 Å². The first-order valence-corrected chi connectivity index (χ1v) is 5.15. The van der Waals surface area contributed by atoms with Crippen LogP contribution in [0, 0.1) is 5.41 Å². The van der Waals surface area contributed by atoms with Crippen molar-refractivity contribution in [3.05, 3.63) is 0 Å². The van der Waals surface area contributed by atoms with Crippen molar-refractivity contribution in [3.8, 4) is 0 Å². The van der Waals surface area contributed by atoms with Gasteiger partial charge in [0.1, 0.15) is 0 Å². The summed E-state index contributed by atoms with van der Waals surface area (Å²) in [5.74, 6) is -0.0716. The molecular formula is C10H20N2O2. The van der Waals surface area contributed by atoms with Crippen LogP contribution in [0.15, 0.2) is 0 Å². The van der Waals surface area contributed by atoms with Gasteiger partial charge in [-0.05, 0) is 25.2 Å². The molecule has 3 N–H and O–H groups in total. The number of amides is 1. The van der Waals surface area contributed by atoms with E-state index in [1.54, 1.807) is 6.92 Å². The largest absolute Gasteiger partial charge is 0.381 e. The molecule has 1 fully saturated rings. The van der Waals surface area contributed by atoms with Gasteiger partial charge in [-0.15, -0.1) is 0 Å². The zero-order chi connectivity index (χ0) is 10.6. The molecular weight excluding hydrogens is 180 g/mol. The highest BCUT2D eigenvalue weighted by Gasteiger charge is 2.27. The third-order valence-corrected chi connectivity index (χ3v) is 2.80. The van der Waals surface area contributed by atoms with E-state index in [1.165, 1.54) is 0 Å². The zero-order valence-corrected chi connectivity index (χ0v) is 9.01. The first-order chi connectivity index (χ1) is 6.53. The Morgan fingerprint density at radius 1 is 1.57 bits per heavy atom. The van der Waals surface area contributed by atoms with Gasteiger partial charge in [-0.25, -0.2) is 0 Å². The second kappa shape index (κ2) is 4.75. The third-order valence-electron chi connectivity index (χ3n) is 2.80. The Hall–Kier alpha value is -0.610. The van der Waals surface area contributed by atoms with E-state index in [-0.39, 0.29) is 11.3 Å². The molecule has 0 radical (unpaired) electrons. The number of nitrogens with one attached hydrogen (secondary N) is 1. The summed E-state index contributed by atoms with van der Waals surface area (Å²) >= 11 is 0. The average Bonchev–Trinajstić information content (AvgIpc) is 2.15. The van der Waals surface area contributed by atoms with E-state index in [0.717, 1.165) is 26.1 Å². The summed E-state index contributed by atoms with van der Waals surface area (Å²) in [6.07, 6.45) is 2.01. The van der Waals surface area contributed by atoms with Crippen LogP contribution in [0.5, 0.6) is 0 Å². The van der Waals surface area contributed by atoms with E-state index >= 15 is 0 Å². The summed E-state index contributed by atoms with van der Waals surface area (Å²) in [6, 6.07) is -0.418. The lowest BCUT2D eigenvalue weighted by Crippen LogP contribution is -2.44. The fraction of sp³-hybridized carbons (Fsp3) is 0.900. The van der Waals surface area contributed by atoms with Gasteiger partial charge in [0.05, 0.1) is 6.04 Å². The molecule has 0 aromatic heterocycles. The third kappa shape index (κ3) is 3.27. The molecule has 0 bridgehead atoms. The molecule has 0 aromatic carbocycles. The number of carbonyl (C=O) groups is 1. The van der Waals surface area contributed by atoms with Crippen molar-refractivity contribution in [2.75, 3.05) is 19.8 Å². The Morgan fingerprint density at radius 3 is 2.64 bits per heavy atom. The monoisotopic (exact) mass is 200 g/mol. The maximum atomic E-state index is 11.3. The Labute approximate surface area is 85.2 Å². The molecule has 1 aliphatic rings. The molecule has 1 atom stereocenters. The molecule has 1 saturated heterocycles. The smallest absolute Gasteiger partial charge is 0.236 e. The van der Waals surface area contributed by atoms with Gasteiger partial charge >= 0.3 is 0 Å². The molecule has 4 heteroatoms. The van der Waals surface area contributed by atoms with Gasteiger partial charge in [0.25, 0.3) is 0 Å². The molecule has 0 saturated carbocycles. The number of rotatable bonds is 3. The molecule has 0 spiro atoms. The van der Waals surface area contributed by atoms with Gasteiger partial charge in [-0.3, -0.25) is 4.79 Å². The Balaban J connectivity index is 2.32. The summed E-state index contributed by atoms with van der Waals surface area (Å²) in [5, 5.41) is 2.87. The van der Waals surface area contributed by atoms with Crippen LogP contribution >= 0.6 is 0 Å². The maximum absolute atomic E-state index is 11.3. The second-order valence-corrected chi connectivity index (χ2v) is 4.43. The van der Waals surface area contributed by atoms with Crippen LogP contribution in [-0.4, -0.2) is 31.7 Å². The highest BCUT2D eigenvalue weighted by molar-refractivity contribution is 5.80. The molecule has 4 nitrogen and oxygen atoms in total. The summed E-state index contributed by atoms with van der Waals surface area (Å²) in [5.41, 5.74) is 5.64. The van der Waals surface area contributed by atoms with Crippen molar-refractivity contribution in [1.29, 1.82) is 0 Å². The quantitative estimate of drug-likeness (QED) is 0.687. The van der Waals surface area contributed by atoms with Gasteiger partial charge in [0, 0.05) is 19.8 Å². The minimum Gasteiger partial charge on any atom is -0.381 e. The maximum Gasteiger partial charge on any atom is 0.236 e. The molecule has 1 rings (SSSR count). The van der Waals surface area contributed by atoms with Crippen LogP contribution in [0.25, 0.3) is 0 Å². The normalized spacial score (nSPS) is 22.8. The number of hydrogen-bond donors (Lipinski definition) is 2. The SMILES string of the molecule is C[C@H](N)C(=O)NCC1(C)CCOCC1. The van der Waals surface area contributed by atoms with Crippen molar-refractivity contribution in [2.45, 2.75) is 32.7 Å². The second-order valence-electron chi connectivity index (χ2n) is 4.43. The molecule has 0 aliphatic carbocycles. The van der Waals surface area contributed by atoms with E-state index in [4.69, 9.17) is 10.5 Å². The topological polar surface area (TPSA) is 64.4 Å². The summed E-state index contributed by atoms with van der Waals surface area (Å²) < 4.78 is 5.28. The number of hydrogen-bond acceptors (Lipinski definition) is 3. The molecule has 14 heavy (non-hydrogen) atoms. The Morgan fingerprint density at radius 2 is 2.14 bits per heavy atom. The molecule has 1 aliphatic heterocycles. The standard InChI is InChI=1S/C10H20N2O2/c1-8(11)9(13)12-7-10(2)3-5-14-6-4-10/h8H,3-7,11H2,1-2H3,(H,12,13)/t8-/m0/s1. The lowest BCUT2D eigenvalue weighted by Gasteiger charge is -2.33. The lowest BCUT2D eigenvalue weighted by atomic mass is 9.82. The van der Waals surface area contributed by atoms with Crippen molar-refractivity contribution < 1.29 is 9.53 Å². The van der Waals surface area contributed by atoms with Crippen LogP contribution in [0.2, 0.25) is 0 Å². The predicted molar refractivity (Wildman–Crippen MR) is 54.8 cm³/mol. The Kier molecular flexibility index (Phi) is 3.89. The van der Waals surface area contributed by atoms with Gasteiger partial charge in [-0.2, -0.15) is 0 Å². The van der Waals surface area contributed by atoms with Gasteiger partial charge in [-0.1, -0.05) is 6.92 Å². The minimum absolute atomic E-state index is 0.0716. The van der Waals surface area contributed by atoms with E-state index in [0.29, 0.717) is 6.54 Å². The number of carbonyl (C=O) groups excluding carboxylic acids is 1. The minimum atomic E-state index is -0.418. The number of ether oxygens (including phenoxy) is 1. The van der Waals surface area contributed by atoms with Crippen LogP contribution in [0.1, 0.15) is 26.7 Å². The lowest BCUT2D eigenvalue weighted by molar-refractivity contribution is -0.122. The Bertz CT molecular complexity index is 198. The molecule has 82 valence electrons. The van der Waals surface area contributed by atoms with Gasteiger partial charge < -0.3 is 15.8 Å². The predicted octanol–water partition coefficient (Wildman–Crippen LogP) is 0.267. The van der Waals surface area contributed by atoms with Crippen LogP contribution in [0.3, 0.4) is 0 Å².